The fourth-order valence-electron chi connectivity index (χ4n) is 1.18. The highest BCUT2D eigenvalue weighted by molar-refractivity contribution is 5.85. The Balaban J connectivity index is 2.23. The molecule has 2 N–H and O–H groups in total. The monoisotopic (exact) mass is 236 g/mol. The SMILES string of the molecule is CNC(C)(C)C(=O)NCCOc1ccccc1. The predicted molar refractivity (Wildman–Crippen MR) is 68.1 cm³/mol. The Labute approximate surface area is 102 Å². The van der Waals surface area contributed by atoms with Crippen LogP contribution in [0.5, 0.6) is 5.75 Å². The number of likely N-dealkylation sites (N-methyl/N-ethyl adjacent to an activating group) is 1. The normalized spacial score (nSPS) is 11.0. The molecule has 0 aliphatic heterocycles. The molecule has 0 aromatic heterocycles. The lowest BCUT2D eigenvalue weighted by Gasteiger charge is -2.22. The van der Waals surface area contributed by atoms with Gasteiger partial charge in [0.2, 0.25) is 5.91 Å². The standard InChI is InChI=1S/C13H20N2O2/c1-13(2,14-3)12(16)15-9-10-17-11-7-5-4-6-8-11/h4-8,14H,9-10H2,1-3H3,(H,15,16). The van der Waals surface area contributed by atoms with Crippen LogP contribution in [0.1, 0.15) is 13.8 Å². The molecule has 0 bridgehead atoms. The van der Waals surface area contributed by atoms with Crippen LogP contribution in [0.15, 0.2) is 30.3 Å². The van der Waals surface area contributed by atoms with Crippen molar-refractivity contribution in [1.29, 1.82) is 0 Å². The van der Waals surface area contributed by atoms with Crippen molar-refractivity contribution in [3.05, 3.63) is 30.3 Å². The smallest absolute Gasteiger partial charge is 0.239 e. The number of amides is 1. The first-order chi connectivity index (χ1) is 8.06. The van der Waals surface area contributed by atoms with Gasteiger partial charge in [-0.15, -0.1) is 0 Å². The molecule has 1 aromatic carbocycles. The second-order valence-electron chi connectivity index (χ2n) is 4.29. The van der Waals surface area contributed by atoms with E-state index in [-0.39, 0.29) is 5.91 Å². The zero-order valence-corrected chi connectivity index (χ0v) is 10.6. The minimum Gasteiger partial charge on any atom is -0.492 e. The van der Waals surface area contributed by atoms with Crippen molar-refractivity contribution in [3.8, 4) is 5.75 Å². The van der Waals surface area contributed by atoms with Crippen molar-refractivity contribution in [2.24, 2.45) is 0 Å². The van der Waals surface area contributed by atoms with E-state index >= 15 is 0 Å². The van der Waals surface area contributed by atoms with Gasteiger partial charge in [0, 0.05) is 0 Å². The van der Waals surface area contributed by atoms with Crippen LogP contribution in [-0.4, -0.2) is 31.6 Å². The van der Waals surface area contributed by atoms with E-state index in [0.29, 0.717) is 13.2 Å². The van der Waals surface area contributed by atoms with E-state index < -0.39 is 5.54 Å². The Hall–Kier alpha value is -1.55. The highest BCUT2D eigenvalue weighted by Crippen LogP contribution is 2.07. The maximum Gasteiger partial charge on any atom is 0.239 e. The van der Waals surface area contributed by atoms with E-state index in [1.807, 2.05) is 44.2 Å². The summed E-state index contributed by atoms with van der Waals surface area (Å²) in [6.07, 6.45) is 0. The Bertz CT molecular complexity index is 350. The number of nitrogens with one attached hydrogen (secondary N) is 2. The van der Waals surface area contributed by atoms with Gasteiger partial charge in [-0.05, 0) is 33.0 Å². The first-order valence-electron chi connectivity index (χ1n) is 5.71. The van der Waals surface area contributed by atoms with Gasteiger partial charge < -0.3 is 15.4 Å². The quantitative estimate of drug-likeness (QED) is 0.729. The molecule has 0 atom stereocenters. The van der Waals surface area contributed by atoms with Crippen molar-refractivity contribution in [1.82, 2.24) is 10.6 Å². The van der Waals surface area contributed by atoms with Crippen molar-refractivity contribution < 1.29 is 9.53 Å². The lowest BCUT2D eigenvalue weighted by molar-refractivity contribution is -0.126. The first kappa shape index (κ1) is 13.5. The third kappa shape index (κ3) is 4.44. The van der Waals surface area contributed by atoms with Crippen LogP contribution in [0.2, 0.25) is 0 Å². The van der Waals surface area contributed by atoms with Gasteiger partial charge in [0.05, 0.1) is 12.1 Å². The molecule has 1 amide bonds. The number of benzene rings is 1. The summed E-state index contributed by atoms with van der Waals surface area (Å²) >= 11 is 0. The van der Waals surface area contributed by atoms with Gasteiger partial charge in [0.15, 0.2) is 0 Å². The average molecular weight is 236 g/mol. The topological polar surface area (TPSA) is 50.4 Å². The van der Waals surface area contributed by atoms with Crippen LogP contribution in [0, 0.1) is 0 Å². The molecule has 0 fully saturated rings. The lowest BCUT2D eigenvalue weighted by Crippen LogP contribution is -2.51. The summed E-state index contributed by atoms with van der Waals surface area (Å²) in [6, 6.07) is 9.54. The summed E-state index contributed by atoms with van der Waals surface area (Å²) in [6.45, 7) is 4.63. The molecule has 1 rings (SSSR count). The predicted octanol–water partition coefficient (Wildman–Crippen LogP) is 1.18. The van der Waals surface area contributed by atoms with Crippen molar-refractivity contribution >= 4 is 5.91 Å². The van der Waals surface area contributed by atoms with E-state index in [2.05, 4.69) is 10.6 Å². The highest BCUT2D eigenvalue weighted by Gasteiger charge is 2.24. The third-order valence-corrected chi connectivity index (χ3v) is 2.59. The third-order valence-electron chi connectivity index (χ3n) is 2.59. The Morgan fingerprint density at radius 1 is 1.29 bits per heavy atom. The maximum absolute atomic E-state index is 11.7. The van der Waals surface area contributed by atoms with Crippen LogP contribution in [-0.2, 0) is 4.79 Å². The Morgan fingerprint density at radius 2 is 1.94 bits per heavy atom. The van der Waals surface area contributed by atoms with Gasteiger partial charge in [-0.1, -0.05) is 18.2 Å². The molecule has 94 valence electrons. The second-order valence-corrected chi connectivity index (χ2v) is 4.29. The molecule has 0 spiro atoms. The Kier molecular flexibility index (Phi) is 4.97. The summed E-state index contributed by atoms with van der Waals surface area (Å²) in [5, 5.41) is 5.76. The van der Waals surface area contributed by atoms with Crippen LogP contribution < -0.4 is 15.4 Å². The molecule has 17 heavy (non-hydrogen) atoms. The zero-order chi connectivity index (χ0) is 12.7. The molecule has 1 aromatic rings. The molecule has 4 heteroatoms. The fraction of sp³-hybridized carbons (Fsp3) is 0.462. The summed E-state index contributed by atoms with van der Waals surface area (Å²) in [4.78, 5) is 11.7. The van der Waals surface area contributed by atoms with Gasteiger partial charge in [0.25, 0.3) is 0 Å². The molecule has 4 nitrogen and oxygen atoms in total. The number of para-hydroxylation sites is 1. The molecule has 0 unspecified atom stereocenters. The number of hydrogen-bond donors (Lipinski definition) is 2. The fourth-order valence-corrected chi connectivity index (χ4v) is 1.18. The van der Waals surface area contributed by atoms with Gasteiger partial charge in [0.1, 0.15) is 12.4 Å². The minimum atomic E-state index is -0.549. The van der Waals surface area contributed by atoms with E-state index in [1.54, 1.807) is 7.05 Å². The maximum atomic E-state index is 11.7. The highest BCUT2D eigenvalue weighted by atomic mass is 16.5. The second kappa shape index (κ2) is 6.25. The summed E-state index contributed by atoms with van der Waals surface area (Å²) < 4.78 is 5.47. The molecular formula is C13H20N2O2. The summed E-state index contributed by atoms with van der Waals surface area (Å²) in [5.41, 5.74) is -0.549. The molecule has 0 saturated heterocycles. The van der Waals surface area contributed by atoms with Crippen molar-refractivity contribution in [2.75, 3.05) is 20.2 Å². The van der Waals surface area contributed by atoms with E-state index in [9.17, 15) is 4.79 Å². The summed E-state index contributed by atoms with van der Waals surface area (Å²) in [7, 11) is 1.76. The van der Waals surface area contributed by atoms with Crippen molar-refractivity contribution in [2.45, 2.75) is 19.4 Å². The van der Waals surface area contributed by atoms with E-state index in [4.69, 9.17) is 4.74 Å². The number of hydrogen-bond acceptors (Lipinski definition) is 3. The number of carbonyl (C=O) groups is 1. The van der Waals surface area contributed by atoms with Crippen LogP contribution >= 0.6 is 0 Å². The molecule has 0 heterocycles. The number of rotatable bonds is 6. The average Bonchev–Trinajstić information content (AvgIpc) is 2.35. The number of ether oxygens (including phenoxy) is 1. The zero-order valence-electron chi connectivity index (χ0n) is 10.6. The van der Waals surface area contributed by atoms with Crippen LogP contribution in [0.25, 0.3) is 0 Å². The number of carbonyl (C=O) groups excluding carboxylic acids is 1. The molecule has 0 aliphatic rings. The minimum absolute atomic E-state index is 0.0309. The largest absolute Gasteiger partial charge is 0.492 e. The van der Waals surface area contributed by atoms with E-state index in [0.717, 1.165) is 5.75 Å². The molecule has 0 aliphatic carbocycles. The van der Waals surface area contributed by atoms with Gasteiger partial charge >= 0.3 is 0 Å². The van der Waals surface area contributed by atoms with Gasteiger partial charge in [-0.25, -0.2) is 0 Å². The molecule has 0 saturated carbocycles. The summed E-state index contributed by atoms with van der Waals surface area (Å²) in [5.74, 6) is 0.784. The van der Waals surface area contributed by atoms with Gasteiger partial charge in [-0.3, -0.25) is 4.79 Å². The molecular weight excluding hydrogens is 216 g/mol. The Morgan fingerprint density at radius 3 is 2.53 bits per heavy atom. The molecule has 0 radical (unpaired) electrons. The van der Waals surface area contributed by atoms with E-state index in [1.165, 1.54) is 0 Å². The van der Waals surface area contributed by atoms with Crippen molar-refractivity contribution in [3.63, 3.8) is 0 Å². The lowest BCUT2D eigenvalue weighted by atomic mass is 10.1. The van der Waals surface area contributed by atoms with Crippen LogP contribution in [0.4, 0.5) is 0 Å². The first-order valence-corrected chi connectivity index (χ1v) is 5.71. The van der Waals surface area contributed by atoms with Crippen LogP contribution in [0.3, 0.4) is 0 Å². The van der Waals surface area contributed by atoms with Gasteiger partial charge in [-0.2, -0.15) is 0 Å².